The number of rotatable bonds is 7. The van der Waals surface area contributed by atoms with Gasteiger partial charge < -0.3 is 14.8 Å². The molecule has 0 aromatic heterocycles. The minimum absolute atomic E-state index is 0.0141. The summed E-state index contributed by atoms with van der Waals surface area (Å²) in [7, 11) is -1.55. The highest BCUT2D eigenvalue weighted by molar-refractivity contribution is 9.10. The Balaban J connectivity index is 1.91. The largest absolute Gasteiger partial charge is 0.495 e. The van der Waals surface area contributed by atoms with E-state index in [1.54, 1.807) is 6.07 Å². The van der Waals surface area contributed by atoms with Crippen LogP contribution in [0, 0.1) is 5.92 Å². The van der Waals surface area contributed by atoms with Gasteiger partial charge in [0.1, 0.15) is 10.6 Å². The summed E-state index contributed by atoms with van der Waals surface area (Å²) >= 11 is 3.24. The number of hydrogen-bond donors (Lipinski definition) is 2. The molecule has 1 aliphatic carbocycles. The number of anilines is 2. The zero-order chi connectivity index (χ0) is 21.2. The number of sulfonamides is 1. The lowest BCUT2D eigenvalue weighted by Gasteiger charge is -2.15. The first-order valence-corrected chi connectivity index (χ1v) is 10.9. The van der Waals surface area contributed by atoms with Crippen LogP contribution in [0.3, 0.4) is 0 Å². The SMILES string of the molecule is COC(=O)c1cc(Br)ccc1NS(=O)(=O)c1ccc(NC(=O)C2CC2)cc1OC. The predicted molar refractivity (Wildman–Crippen MR) is 111 cm³/mol. The molecule has 0 spiro atoms. The third-order valence-corrected chi connectivity index (χ3v) is 6.20. The van der Waals surface area contributed by atoms with Crippen LogP contribution in [0.5, 0.6) is 5.75 Å². The summed E-state index contributed by atoms with van der Waals surface area (Å²) in [4.78, 5) is 23.8. The number of carbonyl (C=O) groups excluding carboxylic acids is 2. The van der Waals surface area contributed by atoms with E-state index < -0.39 is 16.0 Å². The van der Waals surface area contributed by atoms with Gasteiger partial charge in [-0.05, 0) is 43.2 Å². The number of benzene rings is 2. The number of amides is 1. The normalized spacial score (nSPS) is 13.5. The molecule has 2 aromatic rings. The monoisotopic (exact) mass is 482 g/mol. The Kier molecular flexibility index (Phi) is 6.13. The lowest BCUT2D eigenvalue weighted by molar-refractivity contribution is -0.117. The van der Waals surface area contributed by atoms with Gasteiger partial charge in [0.2, 0.25) is 5.91 Å². The zero-order valence-corrected chi connectivity index (χ0v) is 18.1. The molecule has 0 radical (unpaired) electrons. The fourth-order valence-corrected chi connectivity index (χ4v) is 4.23. The van der Waals surface area contributed by atoms with Crippen molar-refractivity contribution in [3.63, 3.8) is 0 Å². The maximum absolute atomic E-state index is 12.9. The molecule has 29 heavy (non-hydrogen) atoms. The van der Waals surface area contributed by atoms with E-state index in [-0.39, 0.29) is 33.7 Å². The zero-order valence-electron chi connectivity index (χ0n) is 15.7. The first-order chi connectivity index (χ1) is 13.7. The molecule has 1 fully saturated rings. The van der Waals surface area contributed by atoms with Crippen molar-refractivity contribution in [2.75, 3.05) is 24.3 Å². The molecule has 2 N–H and O–H groups in total. The van der Waals surface area contributed by atoms with Crippen LogP contribution >= 0.6 is 15.9 Å². The van der Waals surface area contributed by atoms with Crippen LogP contribution in [-0.4, -0.2) is 34.5 Å². The maximum atomic E-state index is 12.9. The van der Waals surface area contributed by atoms with Gasteiger partial charge in [-0.1, -0.05) is 15.9 Å². The summed E-state index contributed by atoms with van der Waals surface area (Å²) in [6.07, 6.45) is 1.71. The number of methoxy groups -OCH3 is 2. The molecule has 0 aliphatic heterocycles. The second-order valence-electron chi connectivity index (χ2n) is 6.42. The van der Waals surface area contributed by atoms with Crippen LogP contribution < -0.4 is 14.8 Å². The van der Waals surface area contributed by atoms with Gasteiger partial charge in [-0.3, -0.25) is 9.52 Å². The summed E-state index contributed by atoms with van der Waals surface area (Å²) in [6, 6.07) is 8.76. The molecule has 8 nitrogen and oxygen atoms in total. The van der Waals surface area contributed by atoms with Gasteiger partial charge in [-0.15, -0.1) is 0 Å². The molecular weight excluding hydrogens is 464 g/mol. The molecule has 154 valence electrons. The number of esters is 1. The van der Waals surface area contributed by atoms with Crippen molar-refractivity contribution in [2.45, 2.75) is 17.7 Å². The fourth-order valence-electron chi connectivity index (χ4n) is 2.64. The maximum Gasteiger partial charge on any atom is 0.340 e. The van der Waals surface area contributed by atoms with E-state index in [1.807, 2.05) is 0 Å². The van der Waals surface area contributed by atoms with E-state index >= 15 is 0 Å². The third-order valence-electron chi connectivity index (χ3n) is 4.30. The number of halogens is 1. The van der Waals surface area contributed by atoms with Gasteiger partial charge >= 0.3 is 5.97 Å². The highest BCUT2D eigenvalue weighted by Crippen LogP contribution is 2.33. The van der Waals surface area contributed by atoms with Crippen LogP contribution in [-0.2, 0) is 19.6 Å². The van der Waals surface area contributed by atoms with Crippen molar-refractivity contribution >= 4 is 49.2 Å². The fraction of sp³-hybridized carbons (Fsp3) is 0.263. The smallest absolute Gasteiger partial charge is 0.340 e. The van der Waals surface area contributed by atoms with Crippen LogP contribution in [0.2, 0.25) is 0 Å². The summed E-state index contributed by atoms with van der Waals surface area (Å²) in [6.45, 7) is 0. The van der Waals surface area contributed by atoms with Gasteiger partial charge in [0.25, 0.3) is 10.0 Å². The number of hydrogen-bond acceptors (Lipinski definition) is 6. The number of ether oxygens (including phenoxy) is 2. The van der Waals surface area contributed by atoms with Gasteiger partial charge in [0.05, 0.1) is 25.5 Å². The van der Waals surface area contributed by atoms with Crippen molar-refractivity contribution in [3.8, 4) is 5.75 Å². The van der Waals surface area contributed by atoms with E-state index in [0.29, 0.717) is 10.2 Å². The molecule has 0 bridgehead atoms. The highest BCUT2D eigenvalue weighted by atomic mass is 79.9. The third kappa shape index (κ3) is 4.88. The molecule has 3 rings (SSSR count). The Morgan fingerprint density at radius 1 is 1.10 bits per heavy atom. The molecule has 1 saturated carbocycles. The van der Waals surface area contributed by atoms with Crippen molar-refractivity contribution in [2.24, 2.45) is 5.92 Å². The molecule has 1 aliphatic rings. The Hall–Kier alpha value is -2.59. The average molecular weight is 483 g/mol. The molecule has 2 aromatic carbocycles. The first-order valence-electron chi connectivity index (χ1n) is 8.64. The van der Waals surface area contributed by atoms with Gasteiger partial charge in [0, 0.05) is 22.1 Å². The number of nitrogens with one attached hydrogen (secondary N) is 2. The number of carbonyl (C=O) groups is 2. The van der Waals surface area contributed by atoms with Crippen molar-refractivity contribution in [3.05, 3.63) is 46.4 Å². The van der Waals surface area contributed by atoms with E-state index in [2.05, 4.69) is 26.0 Å². The minimum atomic E-state index is -4.09. The van der Waals surface area contributed by atoms with E-state index in [1.165, 1.54) is 44.6 Å². The quantitative estimate of drug-likeness (QED) is 0.585. The Labute approximate surface area is 176 Å². The Bertz CT molecular complexity index is 1070. The van der Waals surface area contributed by atoms with Crippen molar-refractivity contribution < 1.29 is 27.5 Å². The second-order valence-corrected chi connectivity index (χ2v) is 8.98. The first kappa shape index (κ1) is 21.1. The second kappa shape index (κ2) is 8.42. The molecule has 1 amide bonds. The van der Waals surface area contributed by atoms with E-state index in [4.69, 9.17) is 9.47 Å². The molecule has 0 heterocycles. The summed E-state index contributed by atoms with van der Waals surface area (Å²) in [5.74, 6) is -0.712. The highest BCUT2D eigenvalue weighted by Gasteiger charge is 2.30. The summed E-state index contributed by atoms with van der Waals surface area (Å²) < 4.78 is 38.8. The van der Waals surface area contributed by atoms with Crippen molar-refractivity contribution in [1.82, 2.24) is 0 Å². The Morgan fingerprint density at radius 3 is 2.45 bits per heavy atom. The van der Waals surface area contributed by atoms with E-state index in [0.717, 1.165) is 12.8 Å². The van der Waals surface area contributed by atoms with Gasteiger partial charge in [0.15, 0.2) is 0 Å². The standard InChI is InChI=1S/C19H19BrN2O6S/c1-27-16-10-13(21-18(23)11-3-4-11)6-8-17(16)29(25,26)22-15-7-5-12(20)9-14(15)19(24)28-2/h5-11,22H,3-4H2,1-2H3,(H,21,23). The Morgan fingerprint density at radius 2 is 1.83 bits per heavy atom. The van der Waals surface area contributed by atoms with E-state index in [9.17, 15) is 18.0 Å². The minimum Gasteiger partial charge on any atom is -0.495 e. The molecule has 0 unspecified atom stereocenters. The predicted octanol–water partition coefficient (Wildman–Crippen LogP) is 3.39. The molecule has 0 atom stereocenters. The van der Waals surface area contributed by atoms with Crippen LogP contribution in [0.1, 0.15) is 23.2 Å². The van der Waals surface area contributed by atoms with Crippen molar-refractivity contribution in [1.29, 1.82) is 0 Å². The van der Waals surface area contributed by atoms with Crippen LogP contribution in [0.25, 0.3) is 0 Å². The van der Waals surface area contributed by atoms with Crippen LogP contribution in [0.4, 0.5) is 11.4 Å². The molecule has 10 heteroatoms. The average Bonchev–Trinajstić information content (AvgIpc) is 3.53. The van der Waals surface area contributed by atoms with Crippen LogP contribution in [0.15, 0.2) is 45.8 Å². The lowest BCUT2D eigenvalue weighted by Crippen LogP contribution is -2.17. The summed E-state index contributed by atoms with van der Waals surface area (Å²) in [5, 5.41) is 2.74. The molecule has 0 saturated heterocycles. The lowest BCUT2D eigenvalue weighted by atomic mass is 10.2. The summed E-state index contributed by atoms with van der Waals surface area (Å²) in [5.41, 5.74) is 0.558. The van der Waals surface area contributed by atoms with Gasteiger partial charge in [-0.25, -0.2) is 13.2 Å². The van der Waals surface area contributed by atoms with Gasteiger partial charge in [-0.2, -0.15) is 0 Å². The molecular formula is C19H19BrN2O6S. The topological polar surface area (TPSA) is 111 Å².